The number of hydrogen-bond acceptors (Lipinski definition) is 4. The zero-order valence-corrected chi connectivity index (χ0v) is 10.8. The highest BCUT2D eigenvalue weighted by molar-refractivity contribution is 5.32. The zero-order chi connectivity index (χ0) is 12.3. The Morgan fingerprint density at radius 3 is 2.71 bits per heavy atom. The van der Waals surface area contributed by atoms with Crippen LogP contribution in [0, 0.1) is 12.8 Å². The van der Waals surface area contributed by atoms with E-state index in [1.807, 2.05) is 13.1 Å². The van der Waals surface area contributed by atoms with E-state index in [2.05, 4.69) is 21.8 Å². The summed E-state index contributed by atoms with van der Waals surface area (Å²) in [5, 5.41) is 0. The largest absolute Gasteiger partial charge is 0.341 e. The van der Waals surface area contributed by atoms with Crippen LogP contribution in [0.25, 0.3) is 0 Å². The minimum atomic E-state index is 0.515. The molecule has 0 unspecified atom stereocenters. The van der Waals surface area contributed by atoms with Crippen molar-refractivity contribution in [3.63, 3.8) is 0 Å². The molecule has 17 heavy (non-hydrogen) atoms. The Balaban J connectivity index is 2.09. The second-order valence-electron chi connectivity index (χ2n) is 4.82. The normalized spacial score (nSPS) is 15.7. The maximum absolute atomic E-state index is 5.63. The fraction of sp³-hybridized carbons (Fsp3) is 0.692. The van der Waals surface area contributed by atoms with Crippen molar-refractivity contribution in [2.24, 2.45) is 11.7 Å². The second kappa shape index (κ2) is 5.45. The number of aryl methyl sites for hydroxylation is 1. The molecule has 2 rings (SSSR count). The van der Waals surface area contributed by atoms with Gasteiger partial charge in [0.15, 0.2) is 0 Å². The van der Waals surface area contributed by atoms with Crippen LogP contribution in [0.4, 0.5) is 5.95 Å². The second-order valence-corrected chi connectivity index (χ2v) is 4.82. The standard InChI is InChI=1S/C13H22N4/c1-3-17(9-11-5-4-6-11)13-15-8-12(7-14)10(2)16-13/h8,11H,3-7,9,14H2,1-2H3. The van der Waals surface area contributed by atoms with E-state index in [-0.39, 0.29) is 0 Å². The van der Waals surface area contributed by atoms with Crippen molar-refractivity contribution in [2.75, 3.05) is 18.0 Å². The Kier molecular flexibility index (Phi) is 3.94. The van der Waals surface area contributed by atoms with E-state index >= 15 is 0 Å². The summed E-state index contributed by atoms with van der Waals surface area (Å²) in [5.74, 6) is 1.70. The summed E-state index contributed by atoms with van der Waals surface area (Å²) in [5.41, 5.74) is 7.67. The first-order valence-electron chi connectivity index (χ1n) is 6.52. The van der Waals surface area contributed by atoms with Gasteiger partial charge in [0.05, 0.1) is 0 Å². The van der Waals surface area contributed by atoms with Gasteiger partial charge in [-0.2, -0.15) is 0 Å². The maximum Gasteiger partial charge on any atom is 0.225 e. The molecule has 0 spiro atoms. The molecule has 4 nitrogen and oxygen atoms in total. The van der Waals surface area contributed by atoms with Gasteiger partial charge in [-0.25, -0.2) is 9.97 Å². The van der Waals surface area contributed by atoms with Gasteiger partial charge in [-0.15, -0.1) is 0 Å². The van der Waals surface area contributed by atoms with Gasteiger partial charge in [-0.1, -0.05) is 6.42 Å². The highest BCUT2D eigenvalue weighted by atomic mass is 15.2. The molecular weight excluding hydrogens is 212 g/mol. The Labute approximate surface area is 103 Å². The summed E-state index contributed by atoms with van der Waals surface area (Å²) in [6.07, 6.45) is 5.96. The molecule has 1 saturated carbocycles. The molecule has 94 valence electrons. The first-order chi connectivity index (χ1) is 8.24. The highest BCUT2D eigenvalue weighted by Crippen LogP contribution is 2.28. The molecule has 0 bridgehead atoms. The highest BCUT2D eigenvalue weighted by Gasteiger charge is 2.21. The van der Waals surface area contributed by atoms with E-state index in [9.17, 15) is 0 Å². The monoisotopic (exact) mass is 234 g/mol. The molecular formula is C13H22N4. The lowest BCUT2D eigenvalue weighted by atomic mass is 9.85. The lowest BCUT2D eigenvalue weighted by Gasteiger charge is -2.31. The van der Waals surface area contributed by atoms with E-state index in [1.54, 1.807) is 0 Å². The molecule has 1 aromatic heterocycles. The van der Waals surface area contributed by atoms with Crippen molar-refractivity contribution in [3.05, 3.63) is 17.5 Å². The minimum Gasteiger partial charge on any atom is -0.341 e. The van der Waals surface area contributed by atoms with Crippen LogP contribution in [0.2, 0.25) is 0 Å². The smallest absolute Gasteiger partial charge is 0.225 e. The van der Waals surface area contributed by atoms with Crippen LogP contribution < -0.4 is 10.6 Å². The van der Waals surface area contributed by atoms with Crippen molar-refractivity contribution < 1.29 is 0 Å². The summed E-state index contributed by atoms with van der Waals surface area (Å²) < 4.78 is 0. The Bertz CT molecular complexity index is 374. The average Bonchev–Trinajstić information content (AvgIpc) is 2.28. The molecule has 0 aliphatic heterocycles. The minimum absolute atomic E-state index is 0.515. The molecule has 4 heteroatoms. The van der Waals surface area contributed by atoms with E-state index in [0.717, 1.165) is 36.2 Å². The van der Waals surface area contributed by atoms with Gasteiger partial charge in [0, 0.05) is 37.1 Å². The predicted molar refractivity (Wildman–Crippen MR) is 69.9 cm³/mol. The number of aromatic nitrogens is 2. The lowest BCUT2D eigenvalue weighted by Crippen LogP contribution is -2.33. The molecule has 0 radical (unpaired) electrons. The third kappa shape index (κ3) is 2.75. The molecule has 1 aromatic rings. The predicted octanol–water partition coefficient (Wildman–Crippen LogP) is 1.87. The number of rotatable bonds is 5. The molecule has 1 aliphatic rings. The van der Waals surface area contributed by atoms with Crippen molar-refractivity contribution in [2.45, 2.75) is 39.7 Å². The first kappa shape index (κ1) is 12.3. The van der Waals surface area contributed by atoms with E-state index in [1.165, 1.54) is 19.3 Å². The Morgan fingerprint density at radius 2 is 2.24 bits per heavy atom. The van der Waals surface area contributed by atoms with Crippen molar-refractivity contribution in [1.29, 1.82) is 0 Å². The summed E-state index contributed by atoms with van der Waals surface area (Å²) in [6, 6.07) is 0. The zero-order valence-electron chi connectivity index (χ0n) is 10.8. The summed E-state index contributed by atoms with van der Waals surface area (Å²) in [6.45, 7) is 6.75. The maximum atomic E-state index is 5.63. The average molecular weight is 234 g/mol. The molecule has 1 heterocycles. The molecule has 1 aliphatic carbocycles. The number of nitrogens with zero attached hydrogens (tertiary/aromatic N) is 3. The Hall–Kier alpha value is -1.16. The lowest BCUT2D eigenvalue weighted by molar-refractivity contribution is 0.317. The summed E-state index contributed by atoms with van der Waals surface area (Å²) in [7, 11) is 0. The summed E-state index contributed by atoms with van der Waals surface area (Å²) >= 11 is 0. The third-order valence-corrected chi connectivity index (χ3v) is 3.66. The van der Waals surface area contributed by atoms with Crippen LogP contribution in [0.15, 0.2) is 6.20 Å². The SMILES string of the molecule is CCN(CC1CCC1)c1ncc(CN)c(C)n1. The first-order valence-corrected chi connectivity index (χ1v) is 6.52. The van der Waals surface area contributed by atoms with Crippen LogP contribution in [-0.4, -0.2) is 23.1 Å². The molecule has 2 N–H and O–H groups in total. The molecule has 1 fully saturated rings. The van der Waals surface area contributed by atoms with E-state index < -0.39 is 0 Å². The number of nitrogens with two attached hydrogens (primary N) is 1. The number of anilines is 1. The van der Waals surface area contributed by atoms with Gasteiger partial charge in [0.2, 0.25) is 5.95 Å². The van der Waals surface area contributed by atoms with Gasteiger partial charge in [0.1, 0.15) is 0 Å². The molecule has 0 atom stereocenters. The van der Waals surface area contributed by atoms with Crippen molar-refractivity contribution >= 4 is 5.95 Å². The van der Waals surface area contributed by atoms with Crippen molar-refractivity contribution in [3.8, 4) is 0 Å². The van der Waals surface area contributed by atoms with Crippen LogP contribution >= 0.6 is 0 Å². The van der Waals surface area contributed by atoms with Gasteiger partial charge >= 0.3 is 0 Å². The third-order valence-electron chi connectivity index (χ3n) is 3.66. The van der Waals surface area contributed by atoms with Crippen LogP contribution in [0.3, 0.4) is 0 Å². The van der Waals surface area contributed by atoms with E-state index in [0.29, 0.717) is 6.54 Å². The van der Waals surface area contributed by atoms with Gasteiger partial charge in [0.25, 0.3) is 0 Å². The van der Waals surface area contributed by atoms with Crippen molar-refractivity contribution in [1.82, 2.24) is 9.97 Å². The molecule has 0 aromatic carbocycles. The van der Waals surface area contributed by atoms with Crippen LogP contribution in [0.5, 0.6) is 0 Å². The fourth-order valence-corrected chi connectivity index (χ4v) is 2.17. The van der Waals surface area contributed by atoms with Crippen LogP contribution in [0.1, 0.15) is 37.4 Å². The Morgan fingerprint density at radius 1 is 1.47 bits per heavy atom. The topological polar surface area (TPSA) is 55.0 Å². The number of hydrogen-bond donors (Lipinski definition) is 1. The van der Waals surface area contributed by atoms with Gasteiger partial charge in [-0.05, 0) is 32.6 Å². The van der Waals surface area contributed by atoms with Gasteiger partial charge in [-0.3, -0.25) is 0 Å². The van der Waals surface area contributed by atoms with E-state index in [4.69, 9.17) is 5.73 Å². The fourth-order valence-electron chi connectivity index (χ4n) is 2.17. The quantitative estimate of drug-likeness (QED) is 0.845. The van der Waals surface area contributed by atoms with Crippen LogP contribution in [-0.2, 0) is 6.54 Å². The summed E-state index contributed by atoms with van der Waals surface area (Å²) in [4.78, 5) is 11.3. The van der Waals surface area contributed by atoms with Gasteiger partial charge < -0.3 is 10.6 Å². The molecule has 0 amide bonds. The molecule has 0 saturated heterocycles.